The molecule has 1 saturated heterocycles. The lowest BCUT2D eigenvalue weighted by molar-refractivity contribution is -0.130. The summed E-state index contributed by atoms with van der Waals surface area (Å²) in [5, 5.41) is 2.80. The second kappa shape index (κ2) is 6.59. The first-order valence-corrected chi connectivity index (χ1v) is 9.66. The molecule has 1 N–H and O–H groups in total. The Hall–Kier alpha value is -2.95. The van der Waals surface area contributed by atoms with Gasteiger partial charge in [-0.3, -0.25) is 14.5 Å². The van der Waals surface area contributed by atoms with Crippen molar-refractivity contribution in [3.63, 3.8) is 0 Å². The van der Waals surface area contributed by atoms with Crippen LogP contribution in [0.4, 0.5) is 4.79 Å². The lowest BCUT2D eigenvalue weighted by Gasteiger charge is -2.23. The van der Waals surface area contributed by atoms with E-state index in [1.165, 1.54) is 11.1 Å². The number of nitrogens with zero attached hydrogens (tertiary/aromatic N) is 1. The van der Waals surface area contributed by atoms with Gasteiger partial charge in [-0.05, 0) is 62.3 Å². The third-order valence-corrected chi connectivity index (χ3v) is 5.93. The molecule has 0 spiro atoms. The largest absolute Gasteiger partial charge is 0.325 e. The van der Waals surface area contributed by atoms with Crippen molar-refractivity contribution in [3.05, 3.63) is 69.8 Å². The Kier molecular flexibility index (Phi) is 4.33. The van der Waals surface area contributed by atoms with Crippen molar-refractivity contribution in [1.82, 2.24) is 10.2 Å². The van der Waals surface area contributed by atoms with Crippen molar-refractivity contribution >= 4 is 17.7 Å². The minimum Gasteiger partial charge on any atom is -0.319 e. The van der Waals surface area contributed by atoms with E-state index in [1.807, 2.05) is 44.2 Å². The fourth-order valence-corrected chi connectivity index (χ4v) is 4.27. The molecule has 2 aliphatic rings. The predicted octanol–water partition coefficient (Wildman–Crippen LogP) is 3.44. The van der Waals surface area contributed by atoms with E-state index in [4.69, 9.17) is 0 Å². The second-order valence-corrected chi connectivity index (χ2v) is 8.03. The zero-order valence-corrected chi connectivity index (χ0v) is 16.5. The molecule has 5 nitrogen and oxygen atoms in total. The van der Waals surface area contributed by atoms with E-state index in [0.717, 1.165) is 40.9 Å². The quantitative estimate of drug-likeness (QED) is 0.657. The van der Waals surface area contributed by atoms with Gasteiger partial charge in [-0.15, -0.1) is 0 Å². The van der Waals surface area contributed by atoms with Crippen LogP contribution in [0.5, 0.6) is 0 Å². The second-order valence-electron chi connectivity index (χ2n) is 8.03. The zero-order valence-electron chi connectivity index (χ0n) is 16.5. The lowest BCUT2D eigenvalue weighted by Crippen LogP contribution is -2.41. The highest BCUT2D eigenvalue weighted by molar-refractivity contribution is 6.11. The number of Topliss-reactive ketones (excluding diaryl/α,β-unsaturated/α-hetero) is 1. The lowest BCUT2D eigenvalue weighted by atomic mass is 9.89. The summed E-state index contributed by atoms with van der Waals surface area (Å²) in [5.41, 5.74) is 4.63. The van der Waals surface area contributed by atoms with Gasteiger partial charge in [0, 0.05) is 5.56 Å². The molecule has 0 saturated carbocycles. The van der Waals surface area contributed by atoms with Crippen LogP contribution in [0.25, 0.3) is 0 Å². The van der Waals surface area contributed by atoms with E-state index >= 15 is 0 Å². The Bertz CT molecular complexity index is 1010. The van der Waals surface area contributed by atoms with Crippen molar-refractivity contribution in [2.24, 2.45) is 0 Å². The monoisotopic (exact) mass is 376 g/mol. The maximum atomic E-state index is 13.1. The fourth-order valence-electron chi connectivity index (χ4n) is 4.27. The van der Waals surface area contributed by atoms with Crippen LogP contribution in [0.15, 0.2) is 36.4 Å². The molecule has 28 heavy (non-hydrogen) atoms. The number of aryl methyl sites for hydroxylation is 4. The Morgan fingerprint density at radius 3 is 2.57 bits per heavy atom. The number of ketones is 1. The molecule has 4 rings (SSSR count). The van der Waals surface area contributed by atoms with Crippen LogP contribution in [0.3, 0.4) is 0 Å². The van der Waals surface area contributed by atoms with Crippen LogP contribution >= 0.6 is 0 Å². The summed E-state index contributed by atoms with van der Waals surface area (Å²) in [6.45, 7) is 5.28. The molecule has 5 heteroatoms. The van der Waals surface area contributed by atoms with Crippen molar-refractivity contribution in [2.45, 2.75) is 45.6 Å². The SMILES string of the molecule is Cc1ccc(C(=O)CN2C(=O)NC(C)(c3ccc4c(c3)CCC4)C2=O)c(C)c1. The van der Waals surface area contributed by atoms with Gasteiger partial charge in [0.25, 0.3) is 5.91 Å². The highest BCUT2D eigenvalue weighted by Crippen LogP contribution is 2.32. The van der Waals surface area contributed by atoms with Crippen LogP contribution in [-0.2, 0) is 23.2 Å². The van der Waals surface area contributed by atoms with Gasteiger partial charge >= 0.3 is 6.03 Å². The van der Waals surface area contributed by atoms with Crippen molar-refractivity contribution in [2.75, 3.05) is 6.54 Å². The Morgan fingerprint density at radius 2 is 1.82 bits per heavy atom. The molecule has 1 aliphatic carbocycles. The summed E-state index contributed by atoms with van der Waals surface area (Å²) < 4.78 is 0. The number of hydrogen-bond donors (Lipinski definition) is 1. The normalized spacial score (nSPS) is 21.0. The topological polar surface area (TPSA) is 66.5 Å². The highest BCUT2D eigenvalue weighted by Gasteiger charge is 2.49. The molecule has 0 aromatic heterocycles. The summed E-state index contributed by atoms with van der Waals surface area (Å²) in [6.07, 6.45) is 3.17. The fraction of sp³-hybridized carbons (Fsp3) is 0.348. The maximum absolute atomic E-state index is 13.1. The van der Waals surface area contributed by atoms with Gasteiger partial charge in [-0.25, -0.2) is 4.79 Å². The van der Waals surface area contributed by atoms with E-state index in [0.29, 0.717) is 5.56 Å². The van der Waals surface area contributed by atoms with Gasteiger partial charge in [-0.1, -0.05) is 42.0 Å². The standard InChI is InChI=1S/C23H24N2O3/c1-14-7-10-19(15(2)11-14)20(26)13-25-21(27)23(3,24-22(25)28)18-9-8-16-5-4-6-17(16)12-18/h7-12H,4-6,13H2,1-3H3,(H,24,28). The van der Waals surface area contributed by atoms with E-state index in [9.17, 15) is 14.4 Å². The zero-order chi connectivity index (χ0) is 20.1. The summed E-state index contributed by atoms with van der Waals surface area (Å²) in [5.74, 6) is -0.618. The van der Waals surface area contributed by atoms with Gasteiger partial charge < -0.3 is 5.32 Å². The van der Waals surface area contributed by atoms with Gasteiger partial charge in [-0.2, -0.15) is 0 Å². The molecule has 1 fully saturated rings. The van der Waals surface area contributed by atoms with Crippen LogP contribution in [0.1, 0.15) is 51.5 Å². The van der Waals surface area contributed by atoms with Crippen LogP contribution in [0.2, 0.25) is 0 Å². The predicted molar refractivity (Wildman–Crippen MR) is 106 cm³/mol. The maximum Gasteiger partial charge on any atom is 0.325 e. The van der Waals surface area contributed by atoms with E-state index in [1.54, 1.807) is 13.0 Å². The Labute approximate surface area is 164 Å². The molecular formula is C23H24N2O3. The minimum atomic E-state index is -1.14. The molecule has 1 heterocycles. The first-order chi connectivity index (χ1) is 13.3. The van der Waals surface area contributed by atoms with Gasteiger partial charge in [0.2, 0.25) is 0 Å². The summed E-state index contributed by atoms with van der Waals surface area (Å²) >= 11 is 0. The van der Waals surface area contributed by atoms with Gasteiger partial charge in [0.1, 0.15) is 5.54 Å². The molecule has 2 aromatic carbocycles. The molecule has 0 radical (unpaired) electrons. The van der Waals surface area contributed by atoms with Crippen LogP contribution in [0, 0.1) is 13.8 Å². The minimum absolute atomic E-state index is 0.237. The highest BCUT2D eigenvalue weighted by atomic mass is 16.2. The van der Waals surface area contributed by atoms with Crippen molar-refractivity contribution in [1.29, 1.82) is 0 Å². The molecule has 144 valence electrons. The molecule has 1 unspecified atom stereocenters. The van der Waals surface area contributed by atoms with Gasteiger partial charge in [0.05, 0.1) is 6.54 Å². The number of urea groups is 1. The molecule has 0 bridgehead atoms. The Balaban J connectivity index is 1.59. The molecule has 3 amide bonds. The third kappa shape index (κ3) is 2.91. The molecular weight excluding hydrogens is 352 g/mol. The van der Waals surface area contributed by atoms with Crippen molar-refractivity contribution < 1.29 is 14.4 Å². The van der Waals surface area contributed by atoms with Crippen LogP contribution < -0.4 is 5.32 Å². The number of hydrogen-bond acceptors (Lipinski definition) is 3. The average molecular weight is 376 g/mol. The molecule has 1 atom stereocenters. The third-order valence-electron chi connectivity index (χ3n) is 5.93. The number of rotatable bonds is 4. The molecule has 2 aromatic rings. The average Bonchev–Trinajstić information content (AvgIpc) is 3.20. The first kappa shape index (κ1) is 18.4. The number of fused-ring (bicyclic) bond motifs is 1. The van der Waals surface area contributed by atoms with Crippen molar-refractivity contribution in [3.8, 4) is 0 Å². The number of nitrogens with one attached hydrogen (secondary N) is 1. The number of carbonyl (C=O) groups is 3. The number of imide groups is 1. The Morgan fingerprint density at radius 1 is 1.07 bits per heavy atom. The number of amides is 3. The smallest absolute Gasteiger partial charge is 0.319 e. The number of benzene rings is 2. The molecule has 1 aliphatic heterocycles. The summed E-state index contributed by atoms with van der Waals surface area (Å²) in [6, 6.07) is 11.0. The van der Waals surface area contributed by atoms with E-state index in [-0.39, 0.29) is 18.2 Å². The van der Waals surface area contributed by atoms with E-state index in [2.05, 4.69) is 5.32 Å². The first-order valence-electron chi connectivity index (χ1n) is 9.66. The summed E-state index contributed by atoms with van der Waals surface area (Å²) in [4.78, 5) is 39.5. The number of carbonyl (C=O) groups excluding carboxylic acids is 3. The van der Waals surface area contributed by atoms with E-state index < -0.39 is 11.6 Å². The summed E-state index contributed by atoms with van der Waals surface area (Å²) in [7, 11) is 0. The van der Waals surface area contributed by atoms with Crippen LogP contribution in [-0.4, -0.2) is 29.2 Å². The van der Waals surface area contributed by atoms with Gasteiger partial charge in [0.15, 0.2) is 5.78 Å².